The molecule has 2 saturated heterocycles. The van der Waals surface area contributed by atoms with Gasteiger partial charge < -0.3 is 15.0 Å². The SMILES string of the molecule is CCNCC1CCN(C2CCOCC2)CC1. The van der Waals surface area contributed by atoms with E-state index in [-0.39, 0.29) is 0 Å². The molecule has 0 spiro atoms. The lowest BCUT2D eigenvalue weighted by Gasteiger charge is -2.39. The molecule has 94 valence electrons. The molecule has 0 aromatic heterocycles. The van der Waals surface area contributed by atoms with Crippen LogP contribution in [0.5, 0.6) is 0 Å². The van der Waals surface area contributed by atoms with E-state index < -0.39 is 0 Å². The maximum Gasteiger partial charge on any atom is 0.0480 e. The van der Waals surface area contributed by atoms with Gasteiger partial charge in [-0.05, 0) is 57.8 Å². The fourth-order valence-electron chi connectivity index (χ4n) is 2.92. The molecule has 0 aromatic carbocycles. The molecule has 2 heterocycles. The van der Waals surface area contributed by atoms with Gasteiger partial charge in [0.2, 0.25) is 0 Å². The Bertz CT molecular complexity index is 184. The Balaban J connectivity index is 1.67. The second-order valence-corrected chi connectivity index (χ2v) is 5.13. The van der Waals surface area contributed by atoms with Gasteiger partial charge in [0.05, 0.1) is 0 Å². The van der Waals surface area contributed by atoms with Gasteiger partial charge in [-0.3, -0.25) is 0 Å². The van der Waals surface area contributed by atoms with Crippen molar-refractivity contribution in [1.82, 2.24) is 10.2 Å². The summed E-state index contributed by atoms with van der Waals surface area (Å²) < 4.78 is 5.43. The van der Waals surface area contributed by atoms with Crippen LogP contribution in [0.1, 0.15) is 32.6 Å². The zero-order chi connectivity index (χ0) is 11.2. The highest BCUT2D eigenvalue weighted by molar-refractivity contribution is 4.80. The molecule has 0 aromatic rings. The molecule has 0 atom stereocenters. The van der Waals surface area contributed by atoms with Crippen molar-refractivity contribution in [3.8, 4) is 0 Å². The van der Waals surface area contributed by atoms with Gasteiger partial charge in [0.1, 0.15) is 0 Å². The molecule has 2 fully saturated rings. The normalized spacial score (nSPS) is 26.1. The molecule has 0 saturated carbocycles. The summed E-state index contributed by atoms with van der Waals surface area (Å²) in [7, 11) is 0. The van der Waals surface area contributed by atoms with Crippen LogP contribution in [-0.4, -0.2) is 50.3 Å². The molecular formula is C13H26N2O. The van der Waals surface area contributed by atoms with Crippen molar-refractivity contribution in [2.45, 2.75) is 38.6 Å². The van der Waals surface area contributed by atoms with Crippen molar-refractivity contribution in [3.05, 3.63) is 0 Å². The van der Waals surface area contributed by atoms with Gasteiger partial charge in [0.15, 0.2) is 0 Å². The van der Waals surface area contributed by atoms with Crippen LogP contribution in [0.2, 0.25) is 0 Å². The Labute approximate surface area is 99.5 Å². The van der Waals surface area contributed by atoms with E-state index in [9.17, 15) is 0 Å². The topological polar surface area (TPSA) is 24.5 Å². The van der Waals surface area contributed by atoms with E-state index in [1.54, 1.807) is 0 Å². The number of hydrogen-bond donors (Lipinski definition) is 1. The summed E-state index contributed by atoms with van der Waals surface area (Å²) in [5, 5.41) is 3.47. The summed E-state index contributed by atoms with van der Waals surface area (Å²) in [6.45, 7) is 9.08. The maximum atomic E-state index is 5.43. The van der Waals surface area contributed by atoms with Crippen LogP contribution < -0.4 is 5.32 Å². The summed E-state index contributed by atoms with van der Waals surface area (Å²) in [5.41, 5.74) is 0. The average Bonchev–Trinajstić information content (AvgIpc) is 2.38. The van der Waals surface area contributed by atoms with Gasteiger partial charge in [-0.15, -0.1) is 0 Å². The zero-order valence-electron chi connectivity index (χ0n) is 10.6. The number of rotatable bonds is 4. The maximum absolute atomic E-state index is 5.43. The van der Waals surface area contributed by atoms with Crippen LogP contribution in [0.25, 0.3) is 0 Å². The number of ether oxygens (including phenoxy) is 1. The van der Waals surface area contributed by atoms with E-state index in [2.05, 4.69) is 17.1 Å². The van der Waals surface area contributed by atoms with Gasteiger partial charge in [-0.25, -0.2) is 0 Å². The molecule has 3 nitrogen and oxygen atoms in total. The molecule has 1 N–H and O–H groups in total. The zero-order valence-corrected chi connectivity index (χ0v) is 10.6. The molecule has 2 aliphatic heterocycles. The fraction of sp³-hybridized carbons (Fsp3) is 1.00. The summed E-state index contributed by atoms with van der Waals surface area (Å²) in [5.74, 6) is 0.913. The number of piperidine rings is 1. The van der Waals surface area contributed by atoms with E-state index in [0.717, 1.165) is 31.7 Å². The van der Waals surface area contributed by atoms with Crippen molar-refractivity contribution in [1.29, 1.82) is 0 Å². The number of nitrogens with one attached hydrogen (secondary N) is 1. The van der Waals surface area contributed by atoms with Crippen LogP contribution >= 0.6 is 0 Å². The molecule has 0 radical (unpaired) electrons. The lowest BCUT2D eigenvalue weighted by atomic mass is 9.94. The fourth-order valence-corrected chi connectivity index (χ4v) is 2.92. The van der Waals surface area contributed by atoms with Crippen molar-refractivity contribution < 1.29 is 4.74 Å². The predicted octanol–water partition coefficient (Wildman–Crippen LogP) is 1.49. The van der Waals surface area contributed by atoms with Crippen molar-refractivity contribution in [2.75, 3.05) is 39.4 Å². The lowest BCUT2D eigenvalue weighted by Crippen LogP contribution is -2.45. The summed E-state index contributed by atoms with van der Waals surface area (Å²) in [6.07, 6.45) is 5.25. The van der Waals surface area contributed by atoms with E-state index >= 15 is 0 Å². The number of hydrogen-bond acceptors (Lipinski definition) is 3. The van der Waals surface area contributed by atoms with E-state index in [1.165, 1.54) is 45.3 Å². The minimum Gasteiger partial charge on any atom is -0.381 e. The van der Waals surface area contributed by atoms with E-state index in [0.29, 0.717) is 0 Å². The highest BCUT2D eigenvalue weighted by Crippen LogP contribution is 2.22. The Morgan fingerprint density at radius 3 is 2.44 bits per heavy atom. The predicted molar refractivity (Wildman–Crippen MR) is 66.7 cm³/mol. The third-order valence-electron chi connectivity index (χ3n) is 4.04. The molecule has 16 heavy (non-hydrogen) atoms. The largest absolute Gasteiger partial charge is 0.381 e. The van der Waals surface area contributed by atoms with Crippen LogP contribution in [0.4, 0.5) is 0 Å². The Morgan fingerprint density at radius 2 is 1.81 bits per heavy atom. The summed E-state index contributed by atoms with van der Waals surface area (Å²) in [6, 6.07) is 0.814. The minimum absolute atomic E-state index is 0.814. The van der Waals surface area contributed by atoms with E-state index in [1.807, 2.05) is 0 Å². The molecule has 0 aliphatic carbocycles. The van der Waals surface area contributed by atoms with Crippen LogP contribution in [-0.2, 0) is 4.74 Å². The molecule has 0 bridgehead atoms. The molecule has 3 heteroatoms. The third kappa shape index (κ3) is 3.44. The van der Waals surface area contributed by atoms with Gasteiger partial charge >= 0.3 is 0 Å². The van der Waals surface area contributed by atoms with Gasteiger partial charge in [0.25, 0.3) is 0 Å². The first-order chi connectivity index (χ1) is 7.90. The second kappa shape index (κ2) is 6.58. The quantitative estimate of drug-likeness (QED) is 0.786. The Kier molecular flexibility index (Phi) is 5.07. The Hall–Kier alpha value is -0.120. The lowest BCUT2D eigenvalue weighted by molar-refractivity contribution is 0.0212. The van der Waals surface area contributed by atoms with Crippen LogP contribution in [0.15, 0.2) is 0 Å². The smallest absolute Gasteiger partial charge is 0.0480 e. The highest BCUT2D eigenvalue weighted by atomic mass is 16.5. The highest BCUT2D eigenvalue weighted by Gasteiger charge is 2.25. The third-order valence-corrected chi connectivity index (χ3v) is 4.04. The first kappa shape index (κ1) is 12.3. The average molecular weight is 226 g/mol. The molecule has 2 rings (SSSR count). The Morgan fingerprint density at radius 1 is 1.12 bits per heavy atom. The minimum atomic E-state index is 0.814. The van der Waals surface area contributed by atoms with Gasteiger partial charge in [0, 0.05) is 19.3 Å². The van der Waals surface area contributed by atoms with Crippen molar-refractivity contribution in [2.24, 2.45) is 5.92 Å². The standard InChI is InChI=1S/C13H26N2O/c1-2-14-11-12-3-7-15(8-4-12)13-5-9-16-10-6-13/h12-14H,2-11H2,1H3. The van der Waals surface area contributed by atoms with Crippen molar-refractivity contribution >= 4 is 0 Å². The number of likely N-dealkylation sites (tertiary alicyclic amines) is 1. The molecule has 2 aliphatic rings. The number of nitrogens with zero attached hydrogens (tertiary/aromatic N) is 1. The van der Waals surface area contributed by atoms with Gasteiger partial charge in [-0.2, -0.15) is 0 Å². The first-order valence-electron chi connectivity index (χ1n) is 6.92. The monoisotopic (exact) mass is 226 g/mol. The van der Waals surface area contributed by atoms with Crippen LogP contribution in [0, 0.1) is 5.92 Å². The summed E-state index contributed by atoms with van der Waals surface area (Å²) in [4.78, 5) is 2.70. The van der Waals surface area contributed by atoms with Crippen molar-refractivity contribution in [3.63, 3.8) is 0 Å². The summed E-state index contributed by atoms with van der Waals surface area (Å²) >= 11 is 0. The van der Waals surface area contributed by atoms with Crippen LogP contribution in [0.3, 0.4) is 0 Å². The molecule has 0 unspecified atom stereocenters. The second-order valence-electron chi connectivity index (χ2n) is 5.13. The van der Waals surface area contributed by atoms with Gasteiger partial charge in [-0.1, -0.05) is 6.92 Å². The van der Waals surface area contributed by atoms with E-state index in [4.69, 9.17) is 4.74 Å². The first-order valence-corrected chi connectivity index (χ1v) is 6.92. The molecule has 0 amide bonds. The molecular weight excluding hydrogens is 200 g/mol.